The van der Waals surface area contributed by atoms with Gasteiger partial charge >= 0.3 is 5.24 Å². The van der Waals surface area contributed by atoms with E-state index in [0.717, 1.165) is 43.1 Å². The molecule has 0 N–H and O–H groups in total. The minimum Gasteiger partial charge on any atom is -0.493 e. The van der Waals surface area contributed by atoms with Gasteiger partial charge in [0, 0.05) is 12.1 Å². The average Bonchev–Trinajstić information content (AvgIpc) is 3.21. The van der Waals surface area contributed by atoms with Crippen LogP contribution in [0.3, 0.4) is 0 Å². The summed E-state index contributed by atoms with van der Waals surface area (Å²) in [6.45, 7) is 8.40. The van der Waals surface area contributed by atoms with E-state index in [4.69, 9.17) is 14.6 Å². The fourth-order valence-electron chi connectivity index (χ4n) is 3.48. The molecule has 0 aromatic heterocycles. The Labute approximate surface area is 165 Å². The molecule has 0 spiro atoms. The summed E-state index contributed by atoms with van der Waals surface area (Å²) >= 11 is 1.37. The van der Waals surface area contributed by atoms with Crippen LogP contribution in [0.25, 0.3) is 0 Å². The SMILES string of the molecule is CCOc1ccc(C2=NN(CCN3CCCC3)C(=O)SC2CC)cc1OC. The predicted molar refractivity (Wildman–Crippen MR) is 110 cm³/mol. The van der Waals surface area contributed by atoms with Gasteiger partial charge in [-0.3, -0.25) is 4.79 Å². The number of hydrazone groups is 1. The van der Waals surface area contributed by atoms with Gasteiger partial charge in [0.25, 0.3) is 0 Å². The van der Waals surface area contributed by atoms with E-state index in [9.17, 15) is 4.79 Å². The van der Waals surface area contributed by atoms with E-state index in [-0.39, 0.29) is 10.5 Å². The van der Waals surface area contributed by atoms with Crippen LogP contribution < -0.4 is 9.47 Å². The third-order valence-electron chi connectivity index (χ3n) is 4.94. The lowest BCUT2D eigenvalue weighted by molar-refractivity contribution is 0.213. The molecule has 0 radical (unpaired) electrons. The molecule has 2 aliphatic rings. The Morgan fingerprint density at radius 1 is 1.19 bits per heavy atom. The number of carbonyl (C=O) groups is 1. The summed E-state index contributed by atoms with van der Waals surface area (Å²) in [5.41, 5.74) is 1.91. The van der Waals surface area contributed by atoms with Gasteiger partial charge in [0.05, 0.1) is 31.2 Å². The van der Waals surface area contributed by atoms with Gasteiger partial charge in [0.2, 0.25) is 0 Å². The van der Waals surface area contributed by atoms with E-state index >= 15 is 0 Å². The van der Waals surface area contributed by atoms with Crippen molar-refractivity contribution in [3.63, 3.8) is 0 Å². The van der Waals surface area contributed by atoms with E-state index in [2.05, 4.69) is 11.8 Å². The molecule has 2 aliphatic heterocycles. The van der Waals surface area contributed by atoms with Crippen molar-refractivity contribution in [3.05, 3.63) is 23.8 Å². The predicted octanol–water partition coefficient (Wildman–Crippen LogP) is 3.84. The van der Waals surface area contributed by atoms with Gasteiger partial charge in [-0.1, -0.05) is 18.7 Å². The molecule has 7 heteroatoms. The molecule has 148 valence electrons. The topological polar surface area (TPSA) is 54.4 Å². The van der Waals surface area contributed by atoms with Crippen LogP contribution in [-0.4, -0.2) is 66.0 Å². The quantitative estimate of drug-likeness (QED) is 0.674. The van der Waals surface area contributed by atoms with Gasteiger partial charge in [-0.25, -0.2) is 5.01 Å². The Morgan fingerprint density at radius 2 is 1.96 bits per heavy atom. The minimum atomic E-state index is 0.0442. The van der Waals surface area contributed by atoms with E-state index < -0.39 is 0 Å². The lowest BCUT2D eigenvalue weighted by atomic mass is 10.0. The number of hydrogen-bond donors (Lipinski definition) is 0. The fourth-order valence-corrected chi connectivity index (χ4v) is 4.44. The molecule has 2 heterocycles. The summed E-state index contributed by atoms with van der Waals surface area (Å²) in [6.07, 6.45) is 3.35. The van der Waals surface area contributed by atoms with Gasteiger partial charge in [0.1, 0.15) is 0 Å². The number of ether oxygens (including phenoxy) is 2. The van der Waals surface area contributed by atoms with E-state index in [1.54, 1.807) is 12.1 Å². The molecule has 0 aliphatic carbocycles. The third kappa shape index (κ3) is 4.76. The average molecular weight is 392 g/mol. The maximum Gasteiger partial charge on any atom is 0.302 e. The van der Waals surface area contributed by atoms with Gasteiger partial charge in [0.15, 0.2) is 11.5 Å². The van der Waals surface area contributed by atoms with Gasteiger partial charge in [-0.2, -0.15) is 5.10 Å². The van der Waals surface area contributed by atoms with Crippen LogP contribution in [0.5, 0.6) is 11.5 Å². The summed E-state index contributed by atoms with van der Waals surface area (Å²) in [4.78, 5) is 14.9. The molecular weight excluding hydrogens is 362 g/mol. The number of nitrogens with zero attached hydrogens (tertiary/aromatic N) is 3. The highest BCUT2D eigenvalue weighted by Gasteiger charge is 2.30. The van der Waals surface area contributed by atoms with Gasteiger partial charge in [-0.15, -0.1) is 0 Å². The van der Waals surface area contributed by atoms with E-state index in [1.807, 2.05) is 25.1 Å². The van der Waals surface area contributed by atoms with Crippen molar-refractivity contribution in [1.82, 2.24) is 9.91 Å². The molecule has 0 saturated carbocycles. The molecule has 27 heavy (non-hydrogen) atoms. The summed E-state index contributed by atoms with van der Waals surface area (Å²) in [5, 5.41) is 6.49. The lowest BCUT2D eigenvalue weighted by Crippen LogP contribution is -2.39. The molecule has 1 aromatic carbocycles. The minimum absolute atomic E-state index is 0.0442. The number of methoxy groups -OCH3 is 1. The number of benzene rings is 1. The van der Waals surface area contributed by atoms with Gasteiger partial charge < -0.3 is 14.4 Å². The first-order valence-electron chi connectivity index (χ1n) is 9.76. The first kappa shape index (κ1) is 20.0. The highest BCUT2D eigenvalue weighted by Crippen LogP contribution is 2.33. The molecule has 1 amide bonds. The second kappa shape index (κ2) is 9.46. The Kier molecular flexibility index (Phi) is 7.01. The number of amides is 1. The molecule has 3 rings (SSSR count). The van der Waals surface area contributed by atoms with Crippen LogP contribution in [-0.2, 0) is 0 Å². The highest BCUT2D eigenvalue weighted by molar-refractivity contribution is 8.14. The molecule has 1 unspecified atom stereocenters. The van der Waals surface area contributed by atoms with Gasteiger partial charge in [-0.05, 0) is 57.5 Å². The van der Waals surface area contributed by atoms with Crippen molar-refractivity contribution in [2.24, 2.45) is 5.10 Å². The molecular formula is C20H29N3O3S. The zero-order chi connectivity index (χ0) is 19.2. The Balaban J connectivity index is 1.83. The van der Waals surface area contributed by atoms with Crippen LogP contribution in [0.15, 0.2) is 23.3 Å². The van der Waals surface area contributed by atoms with Crippen molar-refractivity contribution >= 4 is 22.7 Å². The van der Waals surface area contributed by atoms with E-state index in [1.165, 1.54) is 24.6 Å². The monoisotopic (exact) mass is 391 g/mol. The van der Waals surface area contributed by atoms with Crippen molar-refractivity contribution in [2.75, 3.05) is 39.9 Å². The first-order chi connectivity index (χ1) is 13.2. The zero-order valence-electron chi connectivity index (χ0n) is 16.4. The molecule has 0 bridgehead atoms. The second-order valence-corrected chi connectivity index (χ2v) is 7.89. The van der Waals surface area contributed by atoms with Crippen molar-refractivity contribution in [1.29, 1.82) is 0 Å². The lowest BCUT2D eigenvalue weighted by Gasteiger charge is -2.29. The van der Waals surface area contributed by atoms with Crippen molar-refractivity contribution in [3.8, 4) is 11.5 Å². The zero-order valence-corrected chi connectivity index (χ0v) is 17.3. The molecule has 1 aromatic rings. The molecule has 1 fully saturated rings. The van der Waals surface area contributed by atoms with Crippen LogP contribution >= 0.6 is 11.8 Å². The Morgan fingerprint density at radius 3 is 2.63 bits per heavy atom. The summed E-state index contributed by atoms with van der Waals surface area (Å²) in [7, 11) is 1.64. The summed E-state index contributed by atoms with van der Waals surface area (Å²) < 4.78 is 11.1. The van der Waals surface area contributed by atoms with Crippen LogP contribution in [0.2, 0.25) is 0 Å². The van der Waals surface area contributed by atoms with Crippen LogP contribution in [0.4, 0.5) is 4.79 Å². The molecule has 1 saturated heterocycles. The summed E-state index contributed by atoms with van der Waals surface area (Å²) in [6, 6.07) is 5.88. The molecule has 1 atom stereocenters. The normalized spacial score (nSPS) is 20.7. The largest absolute Gasteiger partial charge is 0.493 e. The maximum absolute atomic E-state index is 12.5. The van der Waals surface area contributed by atoms with Crippen LogP contribution in [0.1, 0.15) is 38.7 Å². The molecule has 6 nitrogen and oxygen atoms in total. The van der Waals surface area contributed by atoms with E-state index in [0.29, 0.717) is 18.9 Å². The van der Waals surface area contributed by atoms with Crippen molar-refractivity contribution in [2.45, 2.75) is 38.4 Å². The number of hydrogen-bond acceptors (Lipinski definition) is 6. The number of carbonyl (C=O) groups excluding carboxylic acids is 1. The highest BCUT2D eigenvalue weighted by atomic mass is 32.2. The number of likely N-dealkylation sites (tertiary alicyclic amines) is 1. The number of rotatable bonds is 8. The fraction of sp³-hybridized carbons (Fsp3) is 0.600. The first-order valence-corrected chi connectivity index (χ1v) is 10.6. The smallest absolute Gasteiger partial charge is 0.302 e. The maximum atomic E-state index is 12.5. The van der Waals surface area contributed by atoms with Crippen LogP contribution in [0, 0.1) is 0 Å². The Bertz CT molecular complexity index is 689. The second-order valence-electron chi connectivity index (χ2n) is 6.74. The van der Waals surface area contributed by atoms with Crippen molar-refractivity contribution < 1.29 is 14.3 Å². The third-order valence-corrected chi connectivity index (χ3v) is 6.20. The summed E-state index contributed by atoms with van der Waals surface area (Å²) in [5.74, 6) is 1.42. The number of thioether (sulfide) groups is 1. The Hall–Kier alpha value is -1.73. The standard InChI is InChI=1S/C20H29N3O3S/c1-4-18-19(15-8-9-16(26-5-2)17(14-15)25-3)21-23(20(24)27-18)13-12-22-10-6-7-11-22/h8-9,14,18H,4-7,10-13H2,1-3H3.